The summed E-state index contributed by atoms with van der Waals surface area (Å²) in [5.41, 5.74) is 2.79. The van der Waals surface area contributed by atoms with Gasteiger partial charge in [0.2, 0.25) is 0 Å². The maximum atomic E-state index is 12.5. The van der Waals surface area contributed by atoms with Crippen LogP contribution >= 0.6 is 34.5 Å². The molecule has 0 bridgehead atoms. The van der Waals surface area contributed by atoms with Crippen LogP contribution in [-0.4, -0.2) is 18.0 Å². The number of carbonyl (C=O) groups excluding carboxylic acids is 1. The summed E-state index contributed by atoms with van der Waals surface area (Å²) in [6.07, 6.45) is 0. The Balaban J connectivity index is 1.38. The molecule has 0 spiro atoms. The molecule has 0 saturated heterocycles. The third-order valence-electron chi connectivity index (χ3n) is 4.60. The molecule has 8 heteroatoms. The molecular weight excluding hydrogens is 467 g/mol. The van der Waals surface area contributed by atoms with Crippen LogP contribution in [0.3, 0.4) is 0 Å². The molecule has 1 amide bonds. The Morgan fingerprint density at radius 3 is 2.41 bits per heavy atom. The molecule has 0 aliphatic heterocycles. The summed E-state index contributed by atoms with van der Waals surface area (Å²) in [5.74, 6) is 1.16. The van der Waals surface area contributed by atoms with Gasteiger partial charge in [-0.3, -0.25) is 4.79 Å². The molecule has 1 heterocycles. The average Bonchev–Trinajstić information content (AvgIpc) is 3.30. The monoisotopic (exact) mass is 484 g/mol. The summed E-state index contributed by atoms with van der Waals surface area (Å²) >= 11 is 13.5. The first kappa shape index (κ1) is 22.1. The first-order chi connectivity index (χ1) is 15.5. The molecule has 0 radical (unpaired) electrons. The number of thiazole rings is 1. The van der Waals surface area contributed by atoms with Crippen molar-refractivity contribution >= 4 is 46.1 Å². The molecule has 0 unspecified atom stereocenters. The number of anilines is 1. The minimum absolute atomic E-state index is 0.266. The van der Waals surface area contributed by atoms with Crippen LogP contribution in [0.5, 0.6) is 11.5 Å². The molecule has 0 atom stereocenters. The summed E-state index contributed by atoms with van der Waals surface area (Å²) in [4.78, 5) is 17.0. The Morgan fingerprint density at radius 2 is 1.72 bits per heavy atom. The van der Waals surface area contributed by atoms with E-state index in [2.05, 4.69) is 10.3 Å². The number of benzene rings is 3. The topological polar surface area (TPSA) is 60.5 Å². The Bertz CT molecular complexity index is 1220. The Kier molecular flexibility index (Phi) is 6.95. The van der Waals surface area contributed by atoms with Crippen LogP contribution in [0.4, 0.5) is 5.69 Å². The quantitative estimate of drug-likeness (QED) is 0.308. The fourth-order valence-electron chi connectivity index (χ4n) is 2.87. The number of ether oxygens (including phenoxy) is 2. The lowest BCUT2D eigenvalue weighted by molar-refractivity contribution is 0.102. The van der Waals surface area contributed by atoms with Gasteiger partial charge >= 0.3 is 0 Å². The highest BCUT2D eigenvalue weighted by Crippen LogP contribution is 2.27. The zero-order chi connectivity index (χ0) is 22.5. The molecule has 0 aliphatic carbocycles. The lowest BCUT2D eigenvalue weighted by Gasteiger charge is -2.08. The number of rotatable bonds is 7. The number of hydrogen-bond acceptors (Lipinski definition) is 5. The summed E-state index contributed by atoms with van der Waals surface area (Å²) in [6, 6.07) is 20.0. The van der Waals surface area contributed by atoms with E-state index in [-0.39, 0.29) is 5.91 Å². The van der Waals surface area contributed by atoms with Crippen molar-refractivity contribution in [2.75, 3.05) is 12.4 Å². The van der Waals surface area contributed by atoms with E-state index >= 15 is 0 Å². The van der Waals surface area contributed by atoms with E-state index in [0.717, 1.165) is 21.9 Å². The zero-order valence-corrected chi connectivity index (χ0v) is 19.3. The van der Waals surface area contributed by atoms with Crippen LogP contribution in [0.2, 0.25) is 10.0 Å². The average molecular weight is 485 g/mol. The Morgan fingerprint density at radius 1 is 1.00 bits per heavy atom. The largest absolute Gasteiger partial charge is 0.497 e. The second-order valence-corrected chi connectivity index (χ2v) is 8.47. The van der Waals surface area contributed by atoms with E-state index in [9.17, 15) is 4.79 Å². The molecule has 0 fully saturated rings. The summed E-state index contributed by atoms with van der Waals surface area (Å²) in [5, 5.41) is 6.47. The molecule has 162 valence electrons. The van der Waals surface area contributed by atoms with Crippen LogP contribution in [-0.2, 0) is 6.61 Å². The maximum absolute atomic E-state index is 12.5. The maximum Gasteiger partial charge on any atom is 0.275 e. The van der Waals surface area contributed by atoms with Crippen molar-refractivity contribution in [2.45, 2.75) is 6.61 Å². The number of halogens is 2. The highest BCUT2D eigenvalue weighted by molar-refractivity contribution is 7.13. The van der Waals surface area contributed by atoms with Gasteiger partial charge in [0.25, 0.3) is 5.91 Å². The fourth-order valence-corrected chi connectivity index (χ4v) is 4.14. The normalized spacial score (nSPS) is 10.6. The second kappa shape index (κ2) is 10.0. The standard InChI is InChI=1S/C24H18Cl2N2O3S/c1-30-19-10-6-18(7-11-19)27-23(29)22-14-32-24(28-22)15-3-8-20(9-4-15)31-13-16-2-5-17(25)12-21(16)26/h2-12,14H,13H2,1H3,(H,27,29). The SMILES string of the molecule is COc1ccc(NC(=O)c2csc(-c3ccc(OCc4ccc(Cl)cc4Cl)cc3)n2)cc1. The molecule has 0 aliphatic rings. The van der Waals surface area contributed by atoms with Crippen molar-refractivity contribution in [2.24, 2.45) is 0 Å². The van der Waals surface area contributed by atoms with Gasteiger partial charge < -0.3 is 14.8 Å². The van der Waals surface area contributed by atoms with Crippen molar-refractivity contribution in [3.63, 3.8) is 0 Å². The van der Waals surface area contributed by atoms with Crippen molar-refractivity contribution in [1.82, 2.24) is 4.98 Å². The van der Waals surface area contributed by atoms with Crippen LogP contribution < -0.4 is 14.8 Å². The van der Waals surface area contributed by atoms with Gasteiger partial charge in [-0.2, -0.15) is 0 Å². The summed E-state index contributed by atoms with van der Waals surface area (Å²) in [6.45, 7) is 0.336. The molecular formula is C24H18Cl2N2O3S. The van der Waals surface area contributed by atoms with Crippen molar-refractivity contribution in [3.05, 3.63) is 93.4 Å². The first-order valence-corrected chi connectivity index (χ1v) is 11.2. The molecule has 5 nitrogen and oxygen atoms in total. The lowest BCUT2D eigenvalue weighted by atomic mass is 10.2. The van der Waals surface area contributed by atoms with Gasteiger partial charge in [0.05, 0.1) is 7.11 Å². The molecule has 1 N–H and O–H groups in total. The van der Waals surface area contributed by atoms with Crippen molar-refractivity contribution < 1.29 is 14.3 Å². The zero-order valence-electron chi connectivity index (χ0n) is 17.0. The van der Waals surface area contributed by atoms with Crippen LogP contribution in [0.25, 0.3) is 10.6 Å². The summed E-state index contributed by atoms with van der Waals surface area (Å²) < 4.78 is 10.9. The lowest BCUT2D eigenvalue weighted by Crippen LogP contribution is -2.12. The van der Waals surface area contributed by atoms with Gasteiger partial charge in [-0.1, -0.05) is 29.3 Å². The van der Waals surface area contributed by atoms with Crippen molar-refractivity contribution in [1.29, 1.82) is 0 Å². The van der Waals surface area contributed by atoms with Crippen LogP contribution in [0.15, 0.2) is 72.1 Å². The van der Waals surface area contributed by atoms with E-state index in [1.807, 2.05) is 30.3 Å². The molecule has 4 aromatic rings. The van der Waals surface area contributed by atoms with E-state index < -0.39 is 0 Å². The number of hydrogen-bond donors (Lipinski definition) is 1. The molecule has 1 aromatic heterocycles. The van der Waals surface area contributed by atoms with E-state index in [1.54, 1.807) is 48.9 Å². The fraction of sp³-hybridized carbons (Fsp3) is 0.0833. The predicted molar refractivity (Wildman–Crippen MR) is 129 cm³/mol. The highest BCUT2D eigenvalue weighted by Gasteiger charge is 2.12. The van der Waals surface area contributed by atoms with Crippen LogP contribution in [0, 0.1) is 0 Å². The second-order valence-electron chi connectivity index (χ2n) is 6.77. The smallest absolute Gasteiger partial charge is 0.275 e. The van der Waals surface area contributed by atoms with Gasteiger partial charge in [-0.25, -0.2) is 4.98 Å². The van der Waals surface area contributed by atoms with Gasteiger partial charge in [-0.05, 0) is 60.7 Å². The predicted octanol–water partition coefficient (Wildman–Crippen LogP) is 6.96. The number of carbonyl (C=O) groups is 1. The van der Waals surface area contributed by atoms with Gasteiger partial charge in [0, 0.05) is 32.2 Å². The van der Waals surface area contributed by atoms with Gasteiger partial charge in [0.1, 0.15) is 28.8 Å². The number of amides is 1. The molecule has 3 aromatic carbocycles. The van der Waals surface area contributed by atoms with Crippen molar-refractivity contribution in [3.8, 4) is 22.1 Å². The third-order valence-corrected chi connectivity index (χ3v) is 6.07. The van der Waals surface area contributed by atoms with Gasteiger partial charge in [0.15, 0.2) is 0 Å². The summed E-state index contributed by atoms with van der Waals surface area (Å²) in [7, 11) is 1.60. The minimum Gasteiger partial charge on any atom is -0.497 e. The van der Waals surface area contributed by atoms with E-state index in [4.69, 9.17) is 32.7 Å². The molecule has 0 saturated carbocycles. The van der Waals surface area contributed by atoms with Crippen LogP contribution in [0.1, 0.15) is 16.1 Å². The molecule has 32 heavy (non-hydrogen) atoms. The number of nitrogens with zero attached hydrogens (tertiary/aromatic N) is 1. The number of nitrogens with one attached hydrogen (secondary N) is 1. The Hall–Kier alpha value is -3.06. The minimum atomic E-state index is -0.266. The molecule has 4 rings (SSSR count). The van der Waals surface area contributed by atoms with Gasteiger partial charge in [-0.15, -0.1) is 11.3 Å². The number of aromatic nitrogens is 1. The first-order valence-electron chi connectivity index (χ1n) is 9.60. The third kappa shape index (κ3) is 5.40. The highest BCUT2D eigenvalue weighted by atomic mass is 35.5. The van der Waals surface area contributed by atoms with E-state index in [0.29, 0.717) is 33.8 Å². The Labute approximate surface area is 199 Å². The van der Waals surface area contributed by atoms with E-state index in [1.165, 1.54) is 11.3 Å². The number of methoxy groups -OCH3 is 1.